The summed E-state index contributed by atoms with van der Waals surface area (Å²) < 4.78 is 2.19. The summed E-state index contributed by atoms with van der Waals surface area (Å²) in [6.07, 6.45) is 5.20. The second-order valence-electron chi connectivity index (χ2n) is 5.01. The lowest BCUT2D eigenvalue weighted by molar-refractivity contribution is 0.486. The van der Waals surface area contributed by atoms with Gasteiger partial charge in [0.2, 0.25) is 0 Å². The highest BCUT2D eigenvalue weighted by Gasteiger charge is 2.27. The van der Waals surface area contributed by atoms with Crippen molar-refractivity contribution in [2.45, 2.75) is 51.6 Å². The van der Waals surface area contributed by atoms with Crippen molar-refractivity contribution in [1.82, 2.24) is 14.8 Å². The molecule has 1 aliphatic carbocycles. The lowest BCUT2D eigenvalue weighted by atomic mass is 10.1. The Balaban J connectivity index is 2.10. The van der Waals surface area contributed by atoms with Crippen LogP contribution in [0.15, 0.2) is 6.33 Å². The van der Waals surface area contributed by atoms with E-state index in [9.17, 15) is 0 Å². The Morgan fingerprint density at radius 1 is 1.53 bits per heavy atom. The highest BCUT2D eigenvalue weighted by atomic mass is 15.3. The van der Waals surface area contributed by atoms with Crippen LogP contribution >= 0.6 is 0 Å². The lowest BCUT2D eigenvalue weighted by Crippen LogP contribution is -2.16. The zero-order valence-corrected chi connectivity index (χ0v) is 9.56. The second kappa shape index (κ2) is 4.31. The molecule has 0 aliphatic heterocycles. The van der Waals surface area contributed by atoms with Gasteiger partial charge in [0.25, 0.3) is 0 Å². The van der Waals surface area contributed by atoms with E-state index in [1.807, 2.05) is 6.33 Å². The van der Waals surface area contributed by atoms with E-state index in [0.29, 0.717) is 17.9 Å². The molecule has 0 aromatic carbocycles. The summed E-state index contributed by atoms with van der Waals surface area (Å²) in [5.41, 5.74) is 5.93. The van der Waals surface area contributed by atoms with Crippen molar-refractivity contribution in [3.8, 4) is 0 Å². The second-order valence-corrected chi connectivity index (χ2v) is 5.01. The van der Waals surface area contributed by atoms with Gasteiger partial charge in [-0.3, -0.25) is 0 Å². The zero-order chi connectivity index (χ0) is 10.8. The van der Waals surface area contributed by atoms with Gasteiger partial charge in [-0.25, -0.2) is 0 Å². The van der Waals surface area contributed by atoms with Gasteiger partial charge in [-0.05, 0) is 25.2 Å². The van der Waals surface area contributed by atoms with E-state index < -0.39 is 0 Å². The number of hydrogen-bond acceptors (Lipinski definition) is 3. The Morgan fingerprint density at radius 2 is 2.33 bits per heavy atom. The number of hydrogen-bond donors (Lipinski definition) is 1. The predicted molar refractivity (Wildman–Crippen MR) is 59.4 cm³/mol. The minimum Gasteiger partial charge on any atom is -0.328 e. The van der Waals surface area contributed by atoms with E-state index in [-0.39, 0.29) is 0 Å². The summed E-state index contributed by atoms with van der Waals surface area (Å²) in [6, 6.07) is 0.360. The maximum absolute atomic E-state index is 5.93. The first kappa shape index (κ1) is 10.6. The van der Waals surface area contributed by atoms with Gasteiger partial charge in [0.15, 0.2) is 0 Å². The van der Waals surface area contributed by atoms with Crippen molar-refractivity contribution in [3.05, 3.63) is 12.2 Å². The lowest BCUT2D eigenvalue weighted by Gasteiger charge is -2.13. The molecular weight excluding hydrogens is 188 g/mol. The number of nitrogens with zero attached hydrogens (tertiary/aromatic N) is 3. The van der Waals surface area contributed by atoms with Crippen molar-refractivity contribution in [2.24, 2.45) is 11.7 Å². The van der Waals surface area contributed by atoms with Crippen LogP contribution in [0.4, 0.5) is 0 Å². The van der Waals surface area contributed by atoms with Crippen LogP contribution < -0.4 is 5.73 Å². The SMILES string of the molecule is CC(C)Cn1cnnc1C1CCC(N)C1. The van der Waals surface area contributed by atoms with Gasteiger partial charge in [-0.15, -0.1) is 10.2 Å². The number of nitrogens with two attached hydrogens (primary N) is 1. The predicted octanol–water partition coefficient (Wildman–Crippen LogP) is 1.53. The molecule has 4 nitrogen and oxygen atoms in total. The van der Waals surface area contributed by atoms with Crippen LogP contribution in [0.25, 0.3) is 0 Å². The Labute approximate surface area is 90.9 Å². The summed E-state index contributed by atoms with van der Waals surface area (Å²) in [6.45, 7) is 5.43. The van der Waals surface area contributed by atoms with E-state index >= 15 is 0 Å². The van der Waals surface area contributed by atoms with E-state index in [2.05, 4.69) is 28.6 Å². The molecule has 2 unspecified atom stereocenters. The minimum absolute atomic E-state index is 0.360. The van der Waals surface area contributed by atoms with Crippen LogP contribution in [-0.4, -0.2) is 20.8 Å². The van der Waals surface area contributed by atoms with Crippen LogP contribution in [0.3, 0.4) is 0 Å². The molecule has 4 heteroatoms. The third kappa shape index (κ3) is 2.37. The molecule has 1 saturated carbocycles. The smallest absolute Gasteiger partial charge is 0.135 e. The van der Waals surface area contributed by atoms with Gasteiger partial charge in [0.1, 0.15) is 12.2 Å². The first-order valence-electron chi connectivity index (χ1n) is 5.80. The molecule has 0 bridgehead atoms. The van der Waals surface area contributed by atoms with E-state index in [1.165, 1.54) is 0 Å². The minimum atomic E-state index is 0.360. The van der Waals surface area contributed by atoms with Crippen LogP contribution in [0.2, 0.25) is 0 Å². The third-order valence-electron chi connectivity index (χ3n) is 3.05. The van der Waals surface area contributed by atoms with Crippen molar-refractivity contribution < 1.29 is 0 Å². The summed E-state index contributed by atoms with van der Waals surface area (Å²) in [5.74, 6) is 2.30. The summed E-state index contributed by atoms with van der Waals surface area (Å²) in [4.78, 5) is 0. The van der Waals surface area contributed by atoms with Gasteiger partial charge < -0.3 is 10.3 Å². The van der Waals surface area contributed by atoms with Gasteiger partial charge in [-0.1, -0.05) is 13.8 Å². The molecule has 1 heterocycles. The van der Waals surface area contributed by atoms with Crippen molar-refractivity contribution in [1.29, 1.82) is 0 Å². The molecule has 0 radical (unpaired) electrons. The van der Waals surface area contributed by atoms with Gasteiger partial charge in [0.05, 0.1) is 0 Å². The summed E-state index contributed by atoms with van der Waals surface area (Å²) >= 11 is 0. The molecule has 1 fully saturated rings. The molecule has 1 aliphatic rings. The third-order valence-corrected chi connectivity index (χ3v) is 3.05. The van der Waals surface area contributed by atoms with Gasteiger partial charge >= 0.3 is 0 Å². The highest BCUT2D eigenvalue weighted by Crippen LogP contribution is 2.32. The Kier molecular flexibility index (Phi) is 3.05. The zero-order valence-electron chi connectivity index (χ0n) is 9.56. The van der Waals surface area contributed by atoms with Crippen LogP contribution in [0, 0.1) is 5.92 Å². The van der Waals surface area contributed by atoms with Crippen LogP contribution in [0.1, 0.15) is 44.9 Å². The molecule has 84 valence electrons. The van der Waals surface area contributed by atoms with E-state index in [0.717, 1.165) is 31.6 Å². The largest absolute Gasteiger partial charge is 0.328 e. The molecule has 1 aromatic rings. The monoisotopic (exact) mass is 208 g/mol. The van der Waals surface area contributed by atoms with Crippen LogP contribution in [-0.2, 0) is 6.54 Å². The molecule has 1 aromatic heterocycles. The molecule has 2 atom stereocenters. The number of rotatable bonds is 3. The van der Waals surface area contributed by atoms with Gasteiger partial charge in [-0.2, -0.15) is 0 Å². The number of aromatic nitrogens is 3. The van der Waals surface area contributed by atoms with Crippen molar-refractivity contribution in [2.75, 3.05) is 0 Å². The fourth-order valence-electron chi connectivity index (χ4n) is 2.37. The standard InChI is InChI=1S/C11H20N4/c1-8(2)6-15-7-13-14-11(15)9-3-4-10(12)5-9/h7-10H,3-6,12H2,1-2H3. The average molecular weight is 208 g/mol. The molecule has 2 rings (SSSR count). The Hall–Kier alpha value is -0.900. The molecule has 0 amide bonds. The maximum Gasteiger partial charge on any atom is 0.135 e. The normalized spacial score (nSPS) is 26.4. The first-order valence-corrected chi connectivity index (χ1v) is 5.80. The molecule has 2 N–H and O–H groups in total. The molecule has 0 spiro atoms. The molecule has 0 saturated heterocycles. The van der Waals surface area contributed by atoms with Gasteiger partial charge in [0, 0.05) is 18.5 Å². The Morgan fingerprint density at radius 3 is 2.93 bits per heavy atom. The Bertz CT molecular complexity index is 318. The molecular formula is C11H20N4. The average Bonchev–Trinajstić information content (AvgIpc) is 2.72. The highest BCUT2D eigenvalue weighted by molar-refractivity contribution is 5.01. The van der Waals surface area contributed by atoms with Crippen molar-refractivity contribution in [3.63, 3.8) is 0 Å². The fraction of sp³-hybridized carbons (Fsp3) is 0.818. The topological polar surface area (TPSA) is 56.7 Å². The fourth-order valence-corrected chi connectivity index (χ4v) is 2.37. The van der Waals surface area contributed by atoms with E-state index in [4.69, 9.17) is 5.73 Å². The summed E-state index contributed by atoms with van der Waals surface area (Å²) in [7, 11) is 0. The molecule has 15 heavy (non-hydrogen) atoms. The first-order chi connectivity index (χ1) is 7.16. The quantitative estimate of drug-likeness (QED) is 0.819. The summed E-state index contributed by atoms with van der Waals surface area (Å²) in [5, 5.41) is 8.26. The van der Waals surface area contributed by atoms with E-state index in [1.54, 1.807) is 0 Å². The maximum atomic E-state index is 5.93. The van der Waals surface area contributed by atoms with Crippen LogP contribution in [0.5, 0.6) is 0 Å². The van der Waals surface area contributed by atoms with Crippen molar-refractivity contribution >= 4 is 0 Å².